The van der Waals surface area contributed by atoms with Crippen LogP contribution in [0.15, 0.2) is 35.3 Å². The Bertz CT molecular complexity index is 428. The lowest BCUT2D eigenvalue weighted by Crippen LogP contribution is -2.31. The molecule has 0 saturated heterocycles. The van der Waals surface area contributed by atoms with Gasteiger partial charge in [-0.3, -0.25) is 15.1 Å². The van der Waals surface area contributed by atoms with E-state index in [0.717, 1.165) is 24.1 Å². The van der Waals surface area contributed by atoms with Gasteiger partial charge in [0.15, 0.2) is 0 Å². The maximum atomic E-state index is 11.1. The molecule has 0 radical (unpaired) electrons. The molecule has 1 aromatic carbocycles. The molecule has 0 N–H and O–H groups in total. The average molecular weight is 232 g/mol. The Morgan fingerprint density at radius 1 is 1.41 bits per heavy atom. The monoisotopic (exact) mass is 232 g/mol. The van der Waals surface area contributed by atoms with Gasteiger partial charge in [0.05, 0.1) is 0 Å². The molecule has 0 amide bonds. The first-order valence-electron chi connectivity index (χ1n) is 5.96. The highest BCUT2D eigenvalue weighted by atomic mass is 16.6. The molecule has 90 valence electrons. The number of nitro groups is 1. The van der Waals surface area contributed by atoms with E-state index in [-0.39, 0.29) is 11.0 Å². The van der Waals surface area contributed by atoms with Crippen molar-refractivity contribution in [1.29, 1.82) is 0 Å². The van der Waals surface area contributed by atoms with Gasteiger partial charge >= 0.3 is 0 Å². The normalized spacial score (nSPS) is 24.2. The Hall–Kier alpha value is -1.71. The van der Waals surface area contributed by atoms with Crippen LogP contribution in [0.2, 0.25) is 0 Å². The summed E-state index contributed by atoms with van der Waals surface area (Å²) in [6.07, 6.45) is 2.23. The summed E-state index contributed by atoms with van der Waals surface area (Å²) >= 11 is 0. The van der Waals surface area contributed by atoms with Gasteiger partial charge in [0, 0.05) is 17.1 Å². The van der Waals surface area contributed by atoms with Crippen LogP contribution < -0.4 is 0 Å². The number of hydrogen-bond acceptors (Lipinski definition) is 3. The molecule has 1 aliphatic rings. The van der Waals surface area contributed by atoms with Crippen molar-refractivity contribution in [2.45, 2.75) is 38.3 Å². The second-order valence-electron chi connectivity index (χ2n) is 4.30. The summed E-state index contributed by atoms with van der Waals surface area (Å²) in [7, 11) is 0. The SMILES string of the molecule is CCC1=NC(c2ccccc2)C([N+](=O)[O-])CC1. The quantitative estimate of drug-likeness (QED) is 0.594. The van der Waals surface area contributed by atoms with Crippen molar-refractivity contribution in [3.8, 4) is 0 Å². The smallest absolute Gasteiger partial charge is 0.239 e. The third-order valence-electron chi connectivity index (χ3n) is 3.23. The summed E-state index contributed by atoms with van der Waals surface area (Å²) in [5, 5.41) is 11.1. The highest BCUT2D eigenvalue weighted by molar-refractivity contribution is 5.85. The third kappa shape index (κ3) is 2.52. The van der Waals surface area contributed by atoms with E-state index in [4.69, 9.17) is 0 Å². The van der Waals surface area contributed by atoms with Crippen molar-refractivity contribution in [2.24, 2.45) is 4.99 Å². The molecular formula is C13H16N2O2. The highest BCUT2D eigenvalue weighted by Crippen LogP contribution is 2.30. The zero-order valence-corrected chi connectivity index (χ0v) is 9.87. The van der Waals surface area contributed by atoms with Gasteiger partial charge in [0.2, 0.25) is 6.04 Å². The van der Waals surface area contributed by atoms with Crippen molar-refractivity contribution in [3.05, 3.63) is 46.0 Å². The fourth-order valence-electron chi connectivity index (χ4n) is 2.26. The first-order valence-corrected chi connectivity index (χ1v) is 5.96. The number of aliphatic imine (C=N–C) groups is 1. The molecule has 0 spiro atoms. The number of benzene rings is 1. The van der Waals surface area contributed by atoms with E-state index in [2.05, 4.69) is 4.99 Å². The van der Waals surface area contributed by atoms with E-state index in [1.54, 1.807) is 0 Å². The Morgan fingerprint density at radius 3 is 2.71 bits per heavy atom. The van der Waals surface area contributed by atoms with Gasteiger partial charge in [-0.15, -0.1) is 0 Å². The number of rotatable bonds is 3. The maximum absolute atomic E-state index is 11.1. The van der Waals surface area contributed by atoms with E-state index in [9.17, 15) is 10.1 Å². The van der Waals surface area contributed by atoms with Crippen LogP contribution in [0.25, 0.3) is 0 Å². The van der Waals surface area contributed by atoms with Crippen LogP contribution in [0.1, 0.15) is 37.8 Å². The van der Waals surface area contributed by atoms with Gasteiger partial charge in [-0.1, -0.05) is 37.3 Å². The Balaban J connectivity index is 2.34. The summed E-state index contributed by atoms with van der Waals surface area (Å²) in [5.41, 5.74) is 2.04. The van der Waals surface area contributed by atoms with Crippen molar-refractivity contribution in [1.82, 2.24) is 0 Å². The van der Waals surface area contributed by atoms with E-state index in [1.807, 2.05) is 37.3 Å². The first kappa shape index (κ1) is 11.8. The average Bonchev–Trinajstić information content (AvgIpc) is 2.39. The zero-order valence-electron chi connectivity index (χ0n) is 9.87. The molecule has 0 aliphatic carbocycles. The first-order chi connectivity index (χ1) is 8.22. The van der Waals surface area contributed by atoms with Crippen molar-refractivity contribution >= 4 is 5.71 Å². The maximum Gasteiger partial charge on any atom is 0.239 e. The van der Waals surface area contributed by atoms with Crippen LogP contribution in [0.3, 0.4) is 0 Å². The van der Waals surface area contributed by atoms with Gasteiger partial charge in [0.1, 0.15) is 6.04 Å². The van der Waals surface area contributed by atoms with Gasteiger partial charge in [-0.25, -0.2) is 0 Å². The van der Waals surface area contributed by atoms with Gasteiger partial charge in [-0.2, -0.15) is 0 Å². The molecule has 0 saturated carbocycles. The van der Waals surface area contributed by atoms with E-state index in [1.165, 1.54) is 0 Å². The van der Waals surface area contributed by atoms with Gasteiger partial charge in [0.25, 0.3) is 0 Å². The summed E-state index contributed by atoms with van der Waals surface area (Å²) in [5.74, 6) is 0. The topological polar surface area (TPSA) is 55.5 Å². The van der Waals surface area contributed by atoms with Crippen molar-refractivity contribution in [3.63, 3.8) is 0 Å². The predicted molar refractivity (Wildman–Crippen MR) is 66.9 cm³/mol. The van der Waals surface area contributed by atoms with Crippen LogP contribution in [0.4, 0.5) is 0 Å². The van der Waals surface area contributed by atoms with Gasteiger partial charge < -0.3 is 0 Å². The fourth-order valence-corrected chi connectivity index (χ4v) is 2.26. The van der Waals surface area contributed by atoms with E-state index in [0.29, 0.717) is 6.42 Å². The Kier molecular flexibility index (Phi) is 3.52. The molecule has 4 nitrogen and oxygen atoms in total. The fraction of sp³-hybridized carbons (Fsp3) is 0.462. The van der Waals surface area contributed by atoms with Crippen LogP contribution in [-0.4, -0.2) is 16.7 Å². The number of nitrogens with zero attached hydrogens (tertiary/aromatic N) is 2. The van der Waals surface area contributed by atoms with Crippen LogP contribution in [-0.2, 0) is 0 Å². The van der Waals surface area contributed by atoms with Crippen LogP contribution in [0.5, 0.6) is 0 Å². The summed E-state index contributed by atoms with van der Waals surface area (Å²) in [4.78, 5) is 15.4. The van der Waals surface area contributed by atoms with Crippen molar-refractivity contribution in [2.75, 3.05) is 0 Å². The van der Waals surface area contributed by atoms with Crippen LogP contribution >= 0.6 is 0 Å². The minimum Gasteiger partial charge on any atom is -0.279 e. The molecule has 1 aromatic rings. The Morgan fingerprint density at radius 2 is 2.12 bits per heavy atom. The van der Waals surface area contributed by atoms with Crippen LogP contribution in [0, 0.1) is 10.1 Å². The lowest BCUT2D eigenvalue weighted by atomic mass is 9.91. The summed E-state index contributed by atoms with van der Waals surface area (Å²) in [6.45, 7) is 2.05. The second-order valence-corrected chi connectivity index (χ2v) is 4.30. The molecule has 1 aliphatic heterocycles. The molecule has 2 unspecified atom stereocenters. The predicted octanol–water partition coefficient (Wildman–Crippen LogP) is 3.02. The number of hydrogen-bond donors (Lipinski definition) is 0. The summed E-state index contributed by atoms with van der Waals surface area (Å²) in [6, 6.07) is 8.68. The Labute approximate surface area is 101 Å². The minimum absolute atomic E-state index is 0.187. The molecule has 0 fully saturated rings. The van der Waals surface area contributed by atoms with Crippen molar-refractivity contribution < 1.29 is 4.92 Å². The molecular weight excluding hydrogens is 216 g/mol. The lowest BCUT2D eigenvalue weighted by molar-refractivity contribution is -0.528. The lowest BCUT2D eigenvalue weighted by Gasteiger charge is -2.23. The molecule has 0 bridgehead atoms. The largest absolute Gasteiger partial charge is 0.279 e. The molecule has 17 heavy (non-hydrogen) atoms. The highest BCUT2D eigenvalue weighted by Gasteiger charge is 2.35. The van der Waals surface area contributed by atoms with Gasteiger partial charge in [-0.05, 0) is 18.4 Å². The molecule has 2 atom stereocenters. The molecule has 1 heterocycles. The second kappa shape index (κ2) is 5.08. The molecule has 2 rings (SSSR count). The third-order valence-corrected chi connectivity index (χ3v) is 3.23. The molecule has 4 heteroatoms. The standard InChI is InChI=1S/C13H16N2O2/c1-2-11-8-9-12(15(16)17)13(14-11)10-6-4-3-5-7-10/h3-7,12-13H,2,8-9H2,1H3. The minimum atomic E-state index is -0.576. The zero-order chi connectivity index (χ0) is 12.3. The summed E-state index contributed by atoms with van der Waals surface area (Å²) < 4.78 is 0. The van der Waals surface area contributed by atoms with E-state index >= 15 is 0 Å². The molecule has 0 aromatic heterocycles. The van der Waals surface area contributed by atoms with E-state index < -0.39 is 6.04 Å².